The number of hydrogen-bond donors (Lipinski definition) is 1. The van der Waals surface area contributed by atoms with Gasteiger partial charge in [-0.1, -0.05) is 26.0 Å². The second kappa shape index (κ2) is 9.34. The van der Waals surface area contributed by atoms with Gasteiger partial charge < -0.3 is 10.1 Å². The zero-order valence-corrected chi connectivity index (χ0v) is 16.5. The number of carbonyl (C=O) groups excluding carboxylic acids is 1. The van der Waals surface area contributed by atoms with Crippen molar-refractivity contribution >= 4 is 27.7 Å². The van der Waals surface area contributed by atoms with E-state index in [-0.39, 0.29) is 10.8 Å². The number of anilines is 1. The third-order valence-electron chi connectivity index (χ3n) is 4.01. The molecule has 0 aliphatic rings. The Balaban J connectivity index is 2.03. The van der Waals surface area contributed by atoms with Crippen molar-refractivity contribution in [3.05, 3.63) is 60.2 Å². The molecule has 144 valence electrons. The van der Waals surface area contributed by atoms with E-state index < -0.39 is 10.0 Å². The van der Waals surface area contributed by atoms with E-state index in [2.05, 4.69) is 5.32 Å². The van der Waals surface area contributed by atoms with Crippen LogP contribution in [-0.4, -0.2) is 38.8 Å². The summed E-state index contributed by atoms with van der Waals surface area (Å²) in [6, 6.07) is 13.5. The SMILES string of the molecule is CCN(CC)S(=O)(=O)c1ccc(C=CC(=O)Nc2ccc(OC)cc2)cc1. The number of amides is 1. The molecule has 0 saturated carbocycles. The van der Waals surface area contributed by atoms with Gasteiger partial charge in [0.1, 0.15) is 5.75 Å². The van der Waals surface area contributed by atoms with Gasteiger partial charge in [0.05, 0.1) is 12.0 Å². The summed E-state index contributed by atoms with van der Waals surface area (Å²) in [5.74, 6) is 0.434. The van der Waals surface area contributed by atoms with Gasteiger partial charge in [-0.2, -0.15) is 4.31 Å². The molecule has 2 aromatic rings. The number of nitrogens with zero attached hydrogens (tertiary/aromatic N) is 1. The molecule has 7 heteroatoms. The highest BCUT2D eigenvalue weighted by Crippen LogP contribution is 2.17. The van der Waals surface area contributed by atoms with Gasteiger partial charge in [-0.15, -0.1) is 0 Å². The van der Waals surface area contributed by atoms with E-state index in [9.17, 15) is 13.2 Å². The van der Waals surface area contributed by atoms with Gasteiger partial charge >= 0.3 is 0 Å². The number of sulfonamides is 1. The molecule has 2 aromatic carbocycles. The van der Waals surface area contributed by atoms with Gasteiger partial charge in [0.15, 0.2) is 0 Å². The van der Waals surface area contributed by atoms with Crippen LogP contribution in [0.3, 0.4) is 0 Å². The largest absolute Gasteiger partial charge is 0.497 e. The zero-order valence-electron chi connectivity index (χ0n) is 15.7. The van der Waals surface area contributed by atoms with E-state index in [1.54, 1.807) is 75.6 Å². The predicted molar refractivity (Wildman–Crippen MR) is 107 cm³/mol. The second-order valence-corrected chi connectivity index (χ2v) is 7.65. The Kier molecular flexibility index (Phi) is 7.15. The predicted octanol–water partition coefficient (Wildman–Crippen LogP) is 3.38. The summed E-state index contributed by atoms with van der Waals surface area (Å²) < 4.78 is 31.4. The monoisotopic (exact) mass is 388 g/mol. The van der Waals surface area contributed by atoms with E-state index >= 15 is 0 Å². The first-order valence-electron chi connectivity index (χ1n) is 8.64. The number of ether oxygens (including phenoxy) is 1. The summed E-state index contributed by atoms with van der Waals surface area (Å²) in [5.41, 5.74) is 1.39. The Morgan fingerprint density at radius 3 is 2.15 bits per heavy atom. The first kappa shape index (κ1) is 20.7. The van der Waals surface area contributed by atoms with Crippen molar-refractivity contribution in [2.45, 2.75) is 18.7 Å². The number of nitrogens with one attached hydrogen (secondary N) is 1. The first-order valence-corrected chi connectivity index (χ1v) is 10.1. The van der Waals surface area contributed by atoms with E-state index in [4.69, 9.17) is 4.74 Å². The molecule has 0 heterocycles. The van der Waals surface area contributed by atoms with Gasteiger partial charge in [0.25, 0.3) is 0 Å². The van der Waals surface area contributed by atoms with Crippen molar-refractivity contribution in [1.82, 2.24) is 4.31 Å². The maximum absolute atomic E-state index is 12.5. The summed E-state index contributed by atoms with van der Waals surface area (Å²) in [7, 11) is -1.90. The molecule has 1 amide bonds. The van der Waals surface area contributed by atoms with Gasteiger partial charge in [0.2, 0.25) is 15.9 Å². The molecule has 0 atom stereocenters. The van der Waals surface area contributed by atoms with Crippen LogP contribution in [0.15, 0.2) is 59.5 Å². The number of benzene rings is 2. The van der Waals surface area contributed by atoms with Gasteiger partial charge in [-0.05, 0) is 48.0 Å². The highest BCUT2D eigenvalue weighted by molar-refractivity contribution is 7.89. The minimum Gasteiger partial charge on any atom is -0.497 e. The van der Waals surface area contributed by atoms with E-state index in [0.29, 0.717) is 24.5 Å². The Morgan fingerprint density at radius 2 is 1.63 bits per heavy atom. The summed E-state index contributed by atoms with van der Waals surface area (Å²) >= 11 is 0. The van der Waals surface area contributed by atoms with Crippen molar-refractivity contribution in [2.24, 2.45) is 0 Å². The van der Waals surface area contributed by atoms with Crippen LogP contribution in [0.25, 0.3) is 6.08 Å². The average molecular weight is 388 g/mol. The normalized spacial score (nSPS) is 11.7. The molecular formula is C20H24N2O4S. The molecule has 27 heavy (non-hydrogen) atoms. The maximum Gasteiger partial charge on any atom is 0.248 e. The zero-order chi connectivity index (χ0) is 19.9. The van der Waals surface area contributed by atoms with Crippen molar-refractivity contribution in [1.29, 1.82) is 0 Å². The Hall–Kier alpha value is -2.64. The smallest absolute Gasteiger partial charge is 0.248 e. The van der Waals surface area contributed by atoms with Crippen molar-refractivity contribution in [2.75, 3.05) is 25.5 Å². The third-order valence-corrected chi connectivity index (χ3v) is 6.07. The Bertz CT molecular complexity index is 885. The fourth-order valence-electron chi connectivity index (χ4n) is 2.49. The second-order valence-electron chi connectivity index (χ2n) is 5.71. The number of rotatable bonds is 8. The topological polar surface area (TPSA) is 75.7 Å². The quantitative estimate of drug-likeness (QED) is 0.704. The van der Waals surface area contributed by atoms with Gasteiger partial charge in [0, 0.05) is 24.9 Å². The Labute approximate surface area is 160 Å². The Morgan fingerprint density at radius 1 is 1.04 bits per heavy atom. The minimum atomic E-state index is -3.48. The van der Waals surface area contributed by atoms with Crippen LogP contribution in [0.4, 0.5) is 5.69 Å². The van der Waals surface area contributed by atoms with Crippen LogP contribution >= 0.6 is 0 Å². The average Bonchev–Trinajstić information content (AvgIpc) is 2.68. The van der Waals surface area contributed by atoms with Gasteiger partial charge in [-0.3, -0.25) is 4.79 Å². The standard InChI is InChI=1S/C20H24N2O4S/c1-4-22(5-2)27(24,25)19-13-6-16(7-14-19)8-15-20(23)21-17-9-11-18(26-3)12-10-17/h6-15H,4-5H2,1-3H3,(H,21,23). The molecule has 0 aliphatic heterocycles. The molecule has 0 unspecified atom stereocenters. The summed E-state index contributed by atoms with van der Waals surface area (Å²) in [6.07, 6.45) is 3.03. The highest BCUT2D eigenvalue weighted by Gasteiger charge is 2.20. The number of methoxy groups -OCH3 is 1. The van der Waals surface area contributed by atoms with Crippen molar-refractivity contribution < 1.29 is 17.9 Å². The lowest BCUT2D eigenvalue weighted by molar-refractivity contribution is -0.111. The van der Waals surface area contributed by atoms with Crippen molar-refractivity contribution in [3.63, 3.8) is 0 Å². The van der Waals surface area contributed by atoms with Crippen LogP contribution in [0.1, 0.15) is 19.4 Å². The number of hydrogen-bond acceptors (Lipinski definition) is 4. The maximum atomic E-state index is 12.5. The molecule has 0 fully saturated rings. The lowest BCUT2D eigenvalue weighted by Gasteiger charge is -2.18. The van der Waals surface area contributed by atoms with Crippen LogP contribution < -0.4 is 10.1 Å². The van der Waals surface area contributed by atoms with Crippen LogP contribution in [0, 0.1) is 0 Å². The third kappa shape index (κ3) is 5.42. The first-order chi connectivity index (χ1) is 12.9. The fraction of sp³-hybridized carbons (Fsp3) is 0.250. The number of carbonyl (C=O) groups is 1. The van der Waals surface area contributed by atoms with E-state index in [0.717, 1.165) is 5.56 Å². The molecule has 0 aromatic heterocycles. The molecule has 0 saturated heterocycles. The fourth-order valence-corrected chi connectivity index (χ4v) is 3.95. The highest BCUT2D eigenvalue weighted by atomic mass is 32.2. The van der Waals surface area contributed by atoms with Gasteiger partial charge in [-0.25, -0.2) is 8.42 Å². The molecule has 2 rings (SSSR count). The van der Waals surface area contributed by atoms with E-state index in [1.165, 1.54) is 10.4 Å². The summed E-state index contributed by atoms with van der Waals surface area (Å²) in [4.78, 5) is 12.2. The minimum absolute atomic E-state index is 0.242. The summed E-state index contributed by atoms with van der Waals surface area (Å²) in [5, 5.41) is 2.75. The van der Waals surface area contributed by atoms with Crippen LogP contribution in [-0.2, 0) is 14.8 Å². The molecule has 0 radical (unpaired) electrons. The lowest BCUT2D eigenvalue weighted by atomic mass is 10.2. The van der Waals surface area contributed by atoms with E-state index in [1.807, 2.05) is 0 Å². The van der Waals surface area contributed by atoms with Crippen LogP contribution in [0.2, 0.25) is 0 Å². The molecule has 6 nitrogen and oxygen atoms in total. The molecular weight excluding hydrogens is 364 g/mol. The van der Waals surface area contributed by atoms with Crippen molar-refractivity contribution in [3.8, 4) is 5.75 Å². The molecule has 1 N–H and O–H groups in total. The molecule has 0 spiro atoms. The lowest BCUT2D eigenvalue weighted by Crippen LogP contribution is -2.30. The molecule has 0 aliphatic carbocycles. The summed E-state index contributed by atoms with van der Waals surface area (Å²) in [6.45, 7) is 4.46. The molecule has 0 bridgehead atoms. The van der Waals surface area contributed by atoms with Crippen LogP contribution in [0.5, 0.6) is 5.75 Å².